The van der Waals surface area contributed by atoms with Gasteiger partial charge in [-0.2, -0.15) is 5.26 Å². The highest BCUT2D eigenvalue weighted by atomic mass is 16.1. The van der Waals surface area contributed by atoms with Crippen molar-refractivity contribution < 1.29 is 4.79 Å². The van der Waals surface area contributed by atoms with Crippen LogP contribution in [0.25, 0.3) is 10.9 Å². The first kappa shape index (κ1) is 11.2. The van der Waals surface area contributed by atoms with Gasteiger partial charge in [0.2, 0.25) is 0 Å². The van der Waals surface area contributed by atoms with Crippen LogP contribution in [0.1, 0.15) is 5.56 Å². The summed E-state index contributed by atoms with van der Waals surface area (Å²) in [5, 5.41) is 12.1. The van der Waals surface area contributed by atoms with Crippen molar-refractivity contribution in [2.75, 3.05) is 6.54 Å². The number of benzene rings is 1. The van der Waals surface area contributed by atoms with Gasteiger partial charge >= 0.3 is 5.91 Å². The third-order valence-electron chi connectivity index (χ3n) is 2.76. The van der Waals surface area contributed by atoms with Crippen LogP contribution < -0.4 is 5.32 Å². The van der Waals surface area contributed by atoms with Crippen LogP contribution in [0.2, 0.25) is 0 Å². The van der Waals surface area contributed by atoms with E-state index in [1.54, 1.807) is 0 Å². The molecule has 0 saturated carbocycles. The minimum atomic E-state index is -0.578. The molecule has 0 unspecified atom stereocenters. The fourth-order valence-electron chi connectivity index (χ4n) is 1.98. The number of fused-ring (bicyclic) bond motifs is 1. The zero-order valence-electron chi connectivity index (χ0n) is 9.60. The van der Waals surface area contributed by atoms with Crippen LogP contribution in [0.3, 0.4) is 0 Å². The van der Waals surface area contributed by atoms with E-state index in [0.29, 0.717) is 6.54 Å². The second-order valence-electron chi connectivity index (χ2n) is 3.90. The summed E-state index contributed by atoms with van der Waals surface area (Å²) in [6.07, 6.45) is 2.79. The predicted molar refractivity (Wildman–Crippen MR) is 65.2 cm³/mol. The largest absolute Gasteiger partial charge is 0.350 e. The highest BCUT2D eigenvalue weighted by Crippen LogP contribution is 2.20. The molecule has 1 heterocycles. The molecule has 1 aromatic heterocycles. The lowest BCUT2D eigenvalue weighted by Crippen LogP contribution is -2.23. The molecule has 1 amide bonds. The molecular weight excluding hydrogens is 214 g/mol. The number of aryl methyl sites for hydroxylation is 1. The number of carbonyl (C=O) groups excluding carboxylic acids is 1. The maximum Gasteiger partial charge on any atom is 0.322 e. The molecule has 1 N–H and O–H groups in total. The molecular formula is C13H13N3O. The Hall–Kier alpha value is -2.28. The number of aromatic nitrogens is 1. The van der Waals surface area contributed by atoms with Gasteiger partial charge in [0.15, 0.2) is 6.07 Å². The first-order chi connectivity index (χ1) is 8.22. The van der Waals surface area contributed by atoms with E-state index in [4.69, 9.17) is 5.26 Å². The third kappa shape index (κ3) is 2.28. The van der Waals surface area contributed by atoms with Gasteiger partial charge in [0.1, 0.15) is 0 Å². The van der Waals surface area contributed by atoms with Crippen molar-refractivity contribution in [3.63, 3.8) is 0 Å². The molecule has 17 heavy (non-hydrogen) atoms. The standard InChI is InChI=1S/C13H13N3O/c1-16-9-10(6-7-15-13(17)8-14)11-4-2-3-5-12(11)16/h2-5,9H,6-7H2,1H3,(H,15,17). The molecule has 0 aliphatic heterocycles. The van der Waals surface area contributed by atoms with E-state index < -0.39 is 5.91 Å². The molecule has 0 saturated heterocycles. The summed E-state index contributed by atoms with van der Waals surface area (Å²) in [6, 6.07) is 9.67. The van der Waals surface area contributed by atoms with Gasteiger partial charge in [-0.1, -0.05) is 18.2 Å². The van der Waals surface area contributed by atoms with Gasteiger partial charge in [-0.15, -0.1) is 0 Å². The summed E-state index contributed by atoms with van der Waals surface area (Å²) in [4.78, 5) is 10.8. The molecule has 2 aromatic rings. The van der Waals surface area contributed by atoms with Crippen molar-refractivity contribution in [1.29, 1.82) is 5.26 Å². The summed E-state index contributed by atoms with van der Waals surface area (Å²) in [5.74, 6) is -0.578. The number of hydrogen-bond acceptors (Lipinski definition) is 2. The van der Waals surface area contributed by atoms with Crippen molar-refractivity contribution in [3.05, 3.63) is 36.0 Å². The zero-order valence-corrected chi connectivity index (χ0v) is 9.60. The SMILES string of the molecule is Cn1cc(CCNC(=O)C#N)c2ccccc21. The monoisotopic (exact) mass is 227 g/mol. The normalized spacial score (nSPS) is 10.1. The fourth-order valence-corrected chi connectivity index (χ4v) is 1.98. The first-order valence-electron chi connectivity index (χ1n) is 5.43. The molecule has 0 aliphatic carbocycles. The fraction of sp³-hybridized carbons (Fsp3) is 0.231. The highest BCUT2D eigenvalue weighted by molar-refractivity contribution is 5.91. The minimum Gasteiger partial charge on any atom is -0.350 e. The molecule has 0 aliphatic rings. The summed E-state index contributed by atoms with van der Waals surface area (Å²) in [6.45, 7) is 0.487. The van der Waals surface area contributed by atoms with Crippen molar-refractivity contribution in [3.8, 4) is 6.07 Å². The number of carbonyl (C=O) groups is 1. The quantitative estimate of drug-likeness (QED) is 0.805. The lowest BCUT2D eigenvalue weighted by molar-refractivity contribution is -0.115. The van der Waals surface area contributed by atoms with Crippen molar-refractivity contribution in [1.82, 2.24) is 9.88 Å². The number of hydrogen-bond donors (Lipinski definition) is 1. The van der Waals surface area contributed by atoms with E-state index in [2.05, 4.69) is 28.2 Å². The number of nitrogens with one attached hydrogen (secondary N) is 1. The van der Waals surface area contributed by atoms with Crippen LogP contribution in [0, 0.1) is 11.3 Å². The first-order valence-corrected chi connectivity index (χ1v) is 5.43. The van der Waals surface area contributed by atoms with E-state index in [1.165, 1.54) is 22.5 Å². The molecule has 0 fully saturated rings. The molecule has 0 atom stereocenters. The highest BCUT2D eigenvalue weighted by Gasteiger charge is 2.05. The van der Waals surface area contributed by atoms with Crippen molar-refractivity contribution in [2.24, 2.45) is 7.05 Å². The summed E-state index contributed by atoms with van der Waals surface area (Å²) in [7, 11) is 2.00. The van der Waals surface area contributed by atoms with Gasteiger partial charge in [-0.05, 0) is 18.1 Å². The maximum atomic E-state index is 10.8. The smallest absolute Gasteiger partial charge is 0.322 e. The number of rotatable bonds is 3. The zero-order chi connectivity index (χ0) is 12.3. The van der Waals surface area contributed by atoms with Crippen molar-refractivity contribution in [2.45, 2.75) is 6.42 Å². The van der Waals surface area contributed by atoms with E-state index in [9.17, 15) is 4.79 Å². The average molecular weight is 227 g/mol. The molecule has 86 valence electrons. The Labute approximate surface area is 99.5 Å². The number of amides is 1. The Bertz CT molecular complexity index is 592. The molecule has 4 heteroatoms. The van der Waals surface area contributed by atoms with Crippen LogP contribution in [0.5, 0.6) is 0 Å². The molecule has 0 radical (unpaired) electrons. The van der Waals surface area contributed by atoms with Gasteiger partial charge in [0, 0.05) is 30.7 Å². The van der Waals surface area contributed by atoms with Gasteiger partial charge in [0.25, 0.3) is 0 Å². The van der Waals surface area contributed by atoms with Crippen LogP contribution in [-0.2, 0) is 18.3 Å². The van der Waals surface area contributed by atoms with Gasteiger partial charge in [-0.3, -0.25) is 4.79 Å². The predicted octanol–water partition coefficient (Wildman–Crippen LogP) is 1.36. The van der Waals surface area contributed by atoms with Gasteiger partial charge in [0.05, 0.1) is 0 Å². The second kappa shape index (κ2) is 4.71. The lowest BCUT2D eigenvalue weighted by Gasteiger charge is -1.99. The summed E-state index contributed by atoms with van der Waals surface area (Å²) < 4.78 is 2.07. The molecule has 2 rings (SSSR count). The third-order valence-corrected chi connectivity index (χ3v) is 2.76. The molecule has 4 nitrogen and oxygen atoms in total. The van der Waals surface area contributed by atoms with E-state index >= 15 is 0 Å². The summed E-state index contributed by atoms with van der Waals surface area (Å²) >= 11 is 0. The minimum absolute atomic E-state index is 0.487. The lowest BCUT2D eigenvalue weighted by atomic mass is 10.1. The van der Waals surface area contributed by atoms with E-state index in [0.717, 1.165) is 6.42 Å². The number of nitriles is 1. The topological polar surface area (TPSA) is 57.8 Å². The Morgan fingerprint density at radius 3 is 3.00 bits per heavy atom. The second-order valence-corrected chi connectivity index (χ2v) is 3.90. The molecule has 0 bridgehead atoms. The Balaban J connectivity index is 2.14. The number of nitrogens with zero attached hydrogens (tertiary/aromatic N) is 2. The van der Waals surface area contributed by atoms with E-state index in [-0.39, 0.29) is 0 Å². The molecule has 1 aromatic carbocycles. The maximum absolute atomic E-state index is 10.8. The average Bonchev–Trinajstić information content (AvgIpc) is 2.67. The Morgan fingerprint density at radius 1 is 1.47 bits per heavy atom. The van der Waals surface area contributed by atoms with Gasteiger partial charge < -0.3 is 9.88 Å². The van der Waals surface area contributed by atoms with Crippen LogP contribution in [0.4, 0.5) is 0 Å². The Kier molecular flexibility index (Phi) is 3.10. The molecule has 0 spiro atoms. The van der Waals surface area contributed by atoms with Crippen LogP contribution in [0.15, 0.2) is 30.5 Å². The summed E-state index contributed by atoms with van der Waals surface area (Å²) in [5.41, 5.74) is 2.36. The van der Waals surface area contributed by atoms with Crippen LogP contribution in [-0.4, -0.2) is 17.0 Å². The van der Waals surface area contributed by atoms with Crippen LogP contribution >= 0.6 is 0 Å². The van der Waals surface area contributed by atoms with Crippen molar-refractivity contribution >= 4 is 16.8 Å². The Morgan fingerprint density at radius 2 is 2.24 bits per heavy atom. The number of para-hydroxylation sites is 1. The van der Waals surface area contributed by atoms with E-state index in [1.807, 2.05) is 19.2 Å². The van der Waals surface area contributed by atoms with Gasteiger partial charge in [-0.25, -0.2) is 0 Å².